The molecule has 0 atom stereocenters. The molecule has 0 unspecified atom stereocenters. The molecular formula is C13H11N2P. The predicted octanol–water partition coefficient (Wildman–Crippen LogP) is 3.23. The van der Waals surface area contributed by atoms with Crippen molar-refractivity contribution >= 4 is 19.1 Å². The van der Waals surface area contributed by atoms with Gasteiger partial charge in [-0.2, -0.15) is 0 Å². The molecule has 0 saturated heterocycles. The quantitative estimate of drug-likeness (QED) is 0.687. The molecule has 3 heteroatoms. The van der Waals surface area contributed by atoms with Crippen molar-refractivity contribution in [3.8, 4) is 0 Å². The Bertz CT molecular complexity index is 577. The molecule has 2 aliphatic rings. The van der Waals surface area contributed by atoms with E-state index in [1.165, 1.54) is 35.5 Å². The molecule has 16 heavy (non-hydrogen) atoms. The van der Waals surface area contributed by atoms with Crippen molar-refractivity contribution in [1.29, 1.82) is 0 Å². The van der Waals surface area contributed by atoms with Crippen LogP contribution in [0, 0.1) is 0 Å². The van der Waals surface area contributed by atoms with Gasteiger partial charge in [-0.25, -0.2) is 9.97 Å². The summed E-state index contributed by atoms with van der Waals surface area (Å²) >= 11 is 0. The summed E-state index contributed by atoms with van der Waals surface area (Å²) in [5, 5.41) is 2.85. The Labute approximate surface area is 96.2 Å². The highest BCUT2D eigenvalue weighted by Gasteiger charge is 2.22. The van der Waals surface area contributed by atoms with E-state index in [-0.39, 0.29) is 0 Å². The van der Waals surface area contributed by atoms with Gasteiger partial charge in [-0.05, 0) is 48.0 Å². The zero-order chi connectivity index (χ0) is 11.1. The Morgan fingerprint density at radius 1 is 1.00 bits per heavy atom. The molecule has 1 aliphatic heterocycles. The minimum Gasteiger partial charge on any atom is -0.244 e. The fraction of sp³-hybridized carbons (Fsp3) is 0.154. The largest absolute Gasteiger partial charge is 0.244 e. The van der Waals surface area contributed by atoms with Crippen LogP contribution in [0.25, 0.3) is 5.57 Å². The van der Waals surface area contributed by atoms with E-state index in [2.05, 4.69) is 36.0 Å². The van der Waals surface area contributed by atoms with Gasteiger partial charge in [-0.3, -0.25) is 0 Å². The second-order valence-electron chi connectivity index (χ2n) is 4.03. The molecule has 1 aliphatic carbocycles. The maximum atomic E-state index is 4.08. The molecule has 0 bridgehead atoms. The molecule has 2 heterocycles. The zero-order valence-corrected chi connectivity index (χ0v) is 10.1. The molecular weight excluding hydrogens is 215 g/mol. The third-order valence-corrected chi connectivity index (χ3v) is 4.09. The molecule has 1 aromatic heterocycles. The van der Waals surface area contributed by atoms with Crippen LogP contribution in [0.3, 0.4) is 0 Å². The first-order valence-corrected chi connectivity index (χ1v) is 6.11. The van der Waals surface area contributed by atoms with E-state index in [0.717, 1.165) is 5.56 Å². The SMILES string of the molecule is CC1=CC2=C(c3cncnc3)C=C(C)C2=P1. The summed E-state index contributed by atoms with van der Waals surface area (Å²) in [5.74, 6) is 0. The Hall–Kier alpha value is -1.53. The van der Waals surface area contributed by atoms with Gasteiger partial charge in [0.15, 0.2) is 0 Å². The Morgan fingerprint density at radius 3 is 2.50 bits per heavy atom. The molecule has 0 fully saturated rings. The Morgan fingerprint density at radius 2 is 1.75 bits per heavy atom. The van der Waals surface area contributed by atoms with Crippen LogP contribution in [0.15, 0.2) is 47.3 Å². The predicted molar refractivity (Wildman–Crippen MR) is 68.4 cm³/mol. The number of fused-ring (bicyclic) bond motifs is 1. The Balaban J connectivity index is 2.19. The molecule has 2 nitrogen and oxygen atoms in total. The van der Waals surface area contributed by atoms with Gasteiger partial charge in [0.05, 0.1) is 0 Å². The molecule has 0 N–H and O–H groups in total. The fourth-order valence-electron chi connectivity index (χ4n) is 2.09. The van der Waals surface area contributed by atoms with Crippen LogP contribution in [0.1, 0.15) is 19.4 Å². The summed E-state index contributed by atoms with van der Waals surface area (Å²) < 4.78 is 0. The number of hydrogen-bond donors (Lipinski definition) is 0. The first kappa shape index (κ1) is 9.68. The number of rotatable bonds is 1. The summed E-state index contributed by atoms with van der Waals surface area (Å²) in [5.41, 5.74) is 5.08. The number of hydrogen-bond acceptors (Lipinski definition) is 2. The summed E-state index contributed by atoms with van der Waals surface area (Å²) in [6, 6.07) is 0. The van der Waals surface area contributed by atoms with E-state index in [0.29, 0.717) is 0 Å². The summed E-state index contributed by atoms with van der Waals surface area (Å²) in [4.78, 5) is 8.16. The van der Waals surface area contributed by atoms with Gasteiger partial charge in [0, 0.05) is 23.3 Å². The molecule has 0 spiro atoms. The normalized spacial score (nSPS) is 19.2. The maximum Gasteiger partial charge on any atom is 0.115 e. The van der Waals surface area contributed by atoms with Gasteiger partial charge in [-0.1, -0.05) is 8.20 Å². The number of nitrogens with zero attached hydrogens (tertiary/aromatic N) is 2. The van der Waals surface area contributed by atoms with Gasteiger partial charge in [0.1, 0.15) is 6.33 Å². The molecule has 0 aromatic carbocycles. The van der Waals surface area contributed by atoms with Crippen LogP contribution >= 0.6 is 8.20 Å². The molecule has 78 valence electrons. The van der Waals surface area contributed by atoms with Crippen LogP contribution in [-0.4, -0.2) is 15.3 Å². The van der Waals surface area contributed by atoms with E-state index in [9.17, 15) is 0 Å². The molecule has 0 amide bonds. The van der Waals surface area contributed by atoms with Gasteiger partial charge in [-0.15, -0.1) is 0 Å². The van der Waals surface area contributed by atoms with Crippen molar-refractivity contribution in [2.45, 2.75) is 13.8 Å². The van der Waals surface area contributed by atoms with E-state index in [4.69, 9.17) is 0 Å². The van der Waals surface area contributed by atoms with Crippen molar-refractivity contribution in [2.24, 2.45) is 0 Å². The molecule has 0 radical (unpaired) electrons. The van der Waals surface area contributed by atoms with E-state index in [1.807, 2.05) is 12.4 Å². The van der Waals surface area contributed by atoms with E-state index < -0.39 is 0 Å². The van der Waals surface area contributed by atoms with Crippen molar-refractivity contribution in [3.05, 3.63) is 52.9 Å². The molecule has 1 aromatic rings. The lowest BCUT2D eigenvalue weighted by molar-refractivity contribution is 1.15. The average molecular weight is 226 g/mol. The van der Waals surface area contributed by atoms with Crippen molar-refractivity contribution < 1.29 is 0 Å². The second kappa shape index (κ2) is 3.50. The van der Waals surface area contributed by atoms with Gasteiger partial charge < -0.3 is 0 Å². The smallest absolute Gasteiger partial charge is 0.115 e. The highest BCUT2D eigenvalue weighted by atomic mass is 31.1. The van der Waals surface area contributed by atoms with Crippen LogP contribution in [0.2, 0.25) is 0 Å². The lowest BCUT2D eigenvalue weighted by atomic mass is 10.1. The van der Waals surface area contributed by atoms with Gasteiger partial charge >= 0.3 is 0 Å². The summed E-state index contributed by atoms with van der Waals surface area (Å²) in [6.07, 6.45) is 9.82. The second-order valence-corrected chi connectivity index (χ2v) is 5.40. The monoisotopic (exact) mass is 226 g/mol. The van der Waals surface area contributed by atoms with Crippen molar-refractivity contribution in [2.75, 3.05) is 0 Å². The standard InChI is InChI=1S/C13H11N2P/c1-8-3-11(10-5-14-7-15-6-10)12-4-9(2)16-13(8)12/h3-7H,1-2H3. The highest BCUT2D eigenvalue weighted by molar-refractivity contribution is 7.47. The lowest BCUT2D eigenvalue weighted by Gasteiger charge is -2.00. The average Bonchev–Trinajstić information content (AvgIpc) is 2.80. The topological polar surface area (TPSA) is 25.8 Å². The van der Waals surface area contributed by atoms with Crippen molar-refractivity contribution in [1.82, 2.24) is 9.97 Å². The minimum atomic E-state index is 1.10. The van der Waals surface area contributed by atoms with Crippen molar-refractivity contribution in [3.63, 3.8) is 0 Å². The Kier molecular flexibility index (Phi) is 2.12. The first-order valence-electron chi connectivity index (χ1n) is 5.21. The maximum absolute atomic E-state index is 4.08. The fourth-order valence-corrected chi connectivity index (χ4v) is 3.18. The third kappa shape index (κ3) is 1.38. The minimum absolute atomic E-state index is 1.10. The summed E-state index contributed by atoms with van der Waals surface area (Å²) in [6.45, 7) is 4.35. The van der Waals surface area contributed by atoms with Crippen LogP contribution in [-0.2, 0) is 0 Å². The third-order valence-electron chi connectivity index (χ3n) is 2.79. The van der Waals surface area contributed by atoms with Crippen LogP contribution < -0.4 is 0 Å². The van der Waals surface area contributed by atoms with E-state index >= 15 is 0 Å². The van der Waals surface area contributed by atoms with Gasteiger partial charge in [0.2, 0.25) is 0 Å². The van der Waals surface area contributed by atoms with Gasteiger partial charge in [0.25, 0.3) is 0 Å². The number of aromatic nitrogens is 2. The number of allylic oxidation sites excluding steroid dienone is 6. The molecule has 0 saturated carbocycles. The van der Waals surface area contributed by atoms with E-state index in [1.54, 1.807) is 6.33 Å². The van der Waals surface area contributed by atoms with Crippen LogP contribution in [0.5, 0.6) is 0 Å². The van der Waals surface area contributed by atoms with Crippen LogP contribution in [0.4, 0.5) is 0 Å². The molecule has 3 rings (SSSR count). The highest BCUT2D eigenvalue weighted by Crippen LogP contribution is 2.40. The zero-order valence-electron chi connectivity index (χ0n) is 9.23. The first-order chi connectivity index (χ1) is 7.75. The summed E-state index contributed by atoms with van der Waals surface area (Å²) in [7, 11) is 1.35. The lowest BCUT2D eigenvalue weighted by Crippen LogP contribution is -1.92.